The number of Topliss-reactive ketones (excluding diaryl/α,β-unsaturated/α-hetero) is 1. The van der Waals surface area contributed by atoms with E-state index >= 15 is 0 Å². The van der Waals surface area contributed by atoms with E-state index in [0.717, 1.165) is 16.5 Å². The van der Waals surface area contributed by atoms with Crippen molar-refractivity contribution in [2.24, 2.45) is 0 Å². The molecule has 0 aliphatic carbocycles. The fourth-order valence-electron chi connectivity index (χ4n) is 2.80. The van der Waals surface area contributed by atoms with Gasteiger partial charge in [-0.05, 0) is 40.4 Å². The predicted octanol–water partition coefficient (Wildman–Crippen LogP) is 4.73. The maximum atomic E-state index is 12.4. The van der Waals surface area contributed by atoms with Gasteiger partial charge >= 0.3 is 5.97 Å². The molecule has 2 aromatic heterocycles. The molecule has 0 fully saturated rings. The predicted molar refractivity (Wildman–Crippen MR) is 102 cm³/mol. The van der Waals surface area contributed by atoms with Gasteiger partial charge in [-0.1, -0.05) is 36.4 Å². The van der Waals surface area contributed by atoms with Crippen LogP contribution in [-0.4, -0.2) is 22.9 Å². The lowest BCUT2D eigenvalue weighted by Gasteiger charge is -2.07. The molecule has 0 aliphatic heterocycles. The molecule has 0 bridgehead atoms. The summed E-state index contributed by atoms with van der Waals surface area (Å²) < 4.78 is 7.11. The van der Waals surface area contributed by atoms with Crippen molar-refractivity contribution in [3.63, 3.8) is 0 Å². The summed E-state index contributed by atoms with van der Waals surface area (Å²) >= 11 is 1.30. The molecule has 2 aromatic carbocycles. The summed E-state index contributed by atoms with van der Waals surface area (Å²) in [5.74, 6) is -0.707. The number of fused-ring (bicyclic) bond motifs is 1. The summed E-state index contributed by atoms with van der Waals surface area (Å²) in [5.41, 5.74) is 1.29. The number of ketones is 1. The van der Waals surface area contributed by atoms with Gasteiger partial charge in [0.25, 0.3) is 0 Å². The largest absolute Gasteiger partial charge is 0.453 e. The third-order valence-electron chi connectivity index (χ3n) is 4.12. The number of thiophene rings is 1. The molecule has 26 heavy (non-hydrogen) atoms. The number of hydrogen-bond acceptors (Lipinski definition) is 4. The van der Waals surface area contributed by atoms with Crippen LogP contribution in [-0.2, 0) is 4.74 Å². The number of esters is 1. The molecule has 0 saturated carbocycles. The summed E-state index contributed by atoms with van der Waals surface area (Å²) in [6.07, 6.45) is 3.72. The molecule has 0 saturated heterocycles. The van der Waals surface area contributed by atoms with Crippen molar-refractivity contribution in [1.82, 2.24) is 4.57 Å². The number of aromatic nitrogens is 1. The normalized spacial score (nSPS) is 10.8. The van der Waals surface area contributed by atoms with Gasteiger partial charge in [-0.3, -0.25) is 4.79 Å². The van der Waals surface area contributed by atoms with E-state index in [4.69, 9.17) is 4.74 Å². The van der Waals surface area contributed by atoms with Crippen molar-refractivity contribution in [1.29, 1.82) is 0 Å². The van der Waals surface area contributed by atoms with Gasteiger partial charge in [0.05, 0.1) is 5.69 Å². The maximum absolute atomic E-state index is 12.4. The highest BCUT2D eigenvalue weighted by Crippen LogP contribution is 2.22. The van der Waals surface area contributed by atoms with Crippen molar-refractivity contribution in [3.8, 4) is 5.69 Å². The Bertz CT molecular complexity index is 1080. The molecule has 128 valence electrons. The molecule has 4 nitrogen and oxygen atoms in total. The Hall–Kier alpha value is -3.18. The zero-order valence-corrected chi connectivity index (χ0v) is 14.6. The summed E-state index contributed by atoms with van der Waals surface area (Å²) in [6.45, 7) is -0.278. The molecule has 0 unspecified atom stereocenters. The molecule has 4 rings (SSSR count). The van der Waals surface area contributed by atoms with E-state index in [9.17, 15) is 9.59 Å². The standard InChI is InChI=1S/C21H15NO3S/c23-19(17-8-7-15-5-1-2-6-16(15)13-17)14-25-21(24)20-18(9-12-26-20)22-10-3-4-11-22/h1-13H,14H2. The number of carbonyl (C=O) groups is 2. The lowest BCUT2D eigenvalue weighted by molar-refractivity contribution is 0.0479. The van der Waals surface area contributed by atoms with Gasteiger partial charge in [0.15, 0.2) is 12.4 Å². The fraction of sp³-hybridized carbons (Fsp3) is 0.0476. The maximum Gasteiger partial charge on any atom is 0.350 e. The van der Waals surface area contributed by atoms with Crippen LogP contribution < -0.4 is 0 Å². The minimum atomic E-state index is -0.488. The van der Waals surface area contributed by atoms with Gasteiger partial charge in [0.1, 0.15) is 4.88 Å². The Labute approximate surface area is 154 Å². The zero-order chi connectivity index (χ0) is 17.9. The zero-order valence-electron chi connectivity index (χ0n) is 13.8. The van der Waals surface area contributed by atoms with Crippen LogP contribution in [0.25, 0.3) is 16.5 Å². The molecular weight excluding hydrogens is 346 g/mol. The first kappa shape index (κ1) is 16.3. The van der Waals surface area contributed by atoms with Crippen LogP contribution >= 0.6 is 11.3 Å². The third kappa shape index (κ3) is 3.17. The molecule has 2 heterocycles. The van der Waals surface area contributed by atoms with Crippen LogP contribution in [0.1, 0.15) is 20.0 Å². The van der Waals surface area contributed by atoms with Crippen molar-refractivity contribution in [3.05, 3.63) is 88.9 Å². The first-order chi connectivity index (χ1) is 12.7. The molecule has 0 atom stereocenters. The van der Waals surface area contributed by atoms with Crippen LogP contribution in [0, 0.1) is 0 Å². The molecule has 5 heteroatoms. The van der Waals surface area contributed by atoms with Gasteiger partial charge in [-0.2, -0.15) is 0 Å². The summed E-state index contributed by atoms with van der Waals surface area (Å²) in [7, 11) is 0. The monoisotopic (exact) mass is 361 g/mol. The van der Waals surface area contributed by atoms with Crippen molar-refractivity contribution < 1.29 is 14.3 Å². The number of rotatable bonds is 5. The van der Waals surface area contributed by atoms with Gasteiger partial charge in [-0.15, -0.1) is 11.3 Å². The summed E-state index contributed by atoms with van der Waals surface area (Å²) in [5, 5.41) is 3.88. The van der Waals surface area contributed by atoms with E-state index < -0.39 is 5.97 Å². The number of nitrogens with zero attached hydrogens (tertiary/aromatic N) is 1. The minimum absolute atomic E-state index is 0.219. The topological polar surface area (TPSA) is 48.3 Å². The second kappa shape index (κ2) is 6.98. The quantitative estimate of drug-likeness (QED) is 0.381. The van der Waals surface area contributed by atoms with E-state index in [1.807, 2.05) is 76.9 Å². The molecule has 4 aromatic rings. The first-order valence-electron chi connectivity index (χ1n) is 8.12. The van der Waals surface area contributed by atoms with E-state index in [-0.39, 0.29) is 12.4 Å². The number of hydrogen-bond donors (Lipinski definition) is 0. The SMILES string of the molecule is O=C(COC(=O)c1sccc1-n1cccc1)c1ccc2ccccc2c1. The van der Waals surface area contributed by atoms with Gasteiger partial charge in [0.2, 0.25) is 0 Å². The number of carbonyl (C=O) groups excluding carboxylic acids is 2. The lowest BCUT2D eigenvalue weighted by Crippen LogP contribution is -2.14. The fourth-order valence-corrected chi connectivity index (χ4v) is 3.58. The Morgan fingerprint density at radius 3 is 2.50 bits per heavy atom. The van der Waals surface area contributed by atoms with Gasteiger partial charge in [-0.25, -0.2) is 4.79 Å². The highest BCUT2D eigenvalue weighted by atomic mass is 32.1. The van der Waals surface area contributed by atoms with Crippen molar-refractivity contribution in [2.45, 2.75) is 0 Å². The molecule has 0 spiro atoms. The van der Waals surface area contributed by atoms with Crippen LogP contribution in [0.2, 0.25) is 0 Å². The number of benzene rings is 2. The average Bonchev–Trinajstić information content (AvgIpc) is 3.36. The van der Waals surface area contributed by atoms with Gasteiger partial charge in [0, 0.05) is 18.0 Å². The van der Waals surface area contributed by atoms with E-state index in [1.165, 1.54) is 11.3 Å². The molecular formula is C21H15NO3S. The molecule has 0 aliphatic rings. The van der Waals surface area contributed by atoms with Crippen molar-refractivity contribution >= 4 is 33.9 Å². The average molecular weight is 361 g/mol. The Balaban J connectivity index is 1.47. The highest BCUT2D eigenvalue weighted by Gasteiger charge is 2.17. The molecule has 0 N–H and O–H groups in total. The summed E-state index contributed by atoms with van der Waals surface area (Å²) in [4.78, 5) is 25.3. The second-order valence-electron chi connectivity index (χ2n) is 5.79. The minimum Gasteiger partial charge on any atom is -0.453 e. The smallest absolute Gasteiger partial charge is 0.350 e. The van der Waals surface area contributed by atoms with Crippen LogP contribution in [0.4, 0.5) is 0 Å². The molecule has 0 radical (unpaired) electrons. The van der Waals surface area contributed by atoms with Crippen LogP contribution in [0.15, 0.2) is 78.4 Å². The highest BCUT2D eigenvalue weighted by molar-refractivity contribution is 7.12. The first-order valence-corrected chi connectivity index (χ1v) is 9.00. The Morgan fingerprint density at radius 1 is 0.923 bits per heavy atom. The Kier molecular flexibility index (Phi) is 4.37. The summed E-state index contributed by atoms with van der Waals surface area (Å²) in [6, 6.07) is 18.9. The van der Waals surface area contributed by atoms with E-state index in [0.29, 0.717) is 10.4 Å². The third-order valence-corrected chi connectivity index (χ3v) is 5.00. The second-order valence-corrected chi connectivity index (χ2v) is 6.70. The van der Waals surface area contributed by atoms with E-state index in [1.54, 1.807) is 6.07 Å². The van der Waals surface area contributed by atoms with Crippen LogP contribution in [0.5, 0.6) is 0 Å². The van der Waals surface area contributed by atoms with Crippen LogP contribution in [0.3, 0.4) is 0 Å². The van der Waals surface area contributed by atoms with E-state index in [2.05, 4.69) is 0 Å². The number of ether oxygens (including phenoxy) is 1. The molecule has 0 amide bonds. The van der Waals surface area contributed by atoms with Gasteiger partial charge < -0.3 is 9.30 Å². The lowest BCUT2D eigenvalue weighted by atomic mass is 10.0. The Morgan fingerprint density at radius 2 is 1.69 bits per heavy atom. The van der Waals surface area contributed by atoms with Crippen molar-refractivity contribution in [2.75, 3.05) is 6.61 Å².